The number of ether oxygens (including phenoxy) is 1. The molecule has 1 N–H and O–H groups in total. The Kier molecular flexibility index (Phi) is 6.48. The molecule has 0 aliphatic carbocycles. The number of nitrogens with one attached hydrogen (secondary N) is 1. The molecule has 0 radical (unpaired) electrons. The minimum Gasteiger partial charge on any atom is -0.494 e. The molecule has 0 bridgehead atoms. The fraction of sp³-hybridized carbons (Fsp3) is 0.227. The van der Waals surface area contributed by atoms with Gasteiger partial charge < -0.3 is 10.1 Å². The first-order valence-corrected chi connectivity index (χ1v) is 11.7. The maximum absolute atomic E-state index is 13.2. The van der Waals surface area contributed by atoms with E-state index in [-0.39, 0.29) is 9.77 Å². The van der Waals surface area contributed by atoms with Crippen molar-refractivity contribution >= 4 is 38.6 Å². The van der Waals surface area contributed by atoms with Crippen LogP contribution in [-0.2, 0) is 10.0 Å². The number of nitrogens with zero attached hydrogens (tertiary/aromatic N) is 1. The molecule has 0 spiro atoms. The van der Waals surface area contributed by atoms with E-state index in [9.17, 15) is 13.2 Å². The van der Waals surface area contributed by atoms with Gasteiger partial charge in [-0.05, 0) is 79.7 Å². The Morgan fingerprint density at radius 2 is 1.77 bits per heavy atom. The maximum Gasteiger partial charge on any atom is 0.267 e. The Balaban J connectivity index is 1.85. The topological polar surface area (TPSA) is 75.7 Å². The molecule has 8 heteroatoms. The molecule has 0 unspecified atom stereocenters. The molecule has 1 amide bonds. The minimum atomic E-state index is -3.90. The number of hydrogen-bond acceptors (Lipinski definition) is 5. The minimum absolute atomic E-state index is 0.0170. The maximum atomic E-state index is 13.2. The predicted octanol–water partition coefficient (Wildman–Crippen LogP) is 4.84. The van der Waals surface area contributed by atoms with Crippen LogP contribution in [0, 0.1) is 13.8 Å². The van der Waals surface area contributed by atoms with Crippen molar-refractivity contribution in [1.82, 2.24) is 0 Å². The van der Waals surface area contributed by atoms with Gasteiger partial charge >= 0.3 is 0 Å². The van der Waals surface area contributed by atoms with E-state index in [1.807, 2.05) is 32.9 Å². The molecule has 1 aromatic heterocycles. The van der Waals surface area contributed by atoms with Crippen molar-refractivity contribution < 1.29 is 17.9 Å². The predicted molar refractivity (Wildman–Crippen MR) is 121 cm³/mol. The number of benzene rings is 2. The molecule has 3 rings (SSSR count). The van der Waals surface area contributed by atoms with E-state index in [0.29, 0.717) is 23.7 Å². The number of carbonyl (C=O) groups is 1. The average Bonchev–Trinajstić information content (AvgIpc) is 3.22. The standard InChI is InChI=1S/C22H24N2O4S2/c1-5-28-19-10-7-17(8-11-19)23-22(25)21-20(12-13-29-21)30(26,27)24(4)18-9-6-15(2)16(3)14-18/h6-14H,5H2,1-4H3,(H,23,25). The summed E-state index contributed by atoms with van der Waals surface area (Å²) in [6.45, 7) is 6.34. The zero-order valence-corrected chi connectivity index (χ0v) is 18.9. The second-order valence-corrected chi connectivity index (χ2v) is 9.62. The van der Waals surface area contributed by atoms with E-state index in [1.165, 1.54) is 17.4 Å². The second kappa shape index (κ2) is 8.89. The molecular weight excluding hydrogens is 420 g/mol. The molecular formula is C22H24N2O4S2. The SMILES string of the molecule is CCOc1ccc(NC(=O)c2sccc2S(=O)(=O)N(C)c2ccc(C)c(C)c2)cc1. The second-order valence-electron chi connectivity index (χ2n) is 6.77. The molecule has 158 valence electrons. The molecule has 30 heavy (non-hydrogen) atoms. The van der Waals surface area contributed by atoms with Crippen LogP contribution in [0.2, 0.25) is 0 Å². The fourth-order valence-electron chi connectivity index (χ4n) is 2.86. The van der Waals surface area contributed by atoms with Crippen molar-refractivity contribution in [2.45, 2.75) is 25.7 Å². The van der Waals surface area contributed by atoms with Crippen molar-refractivity contribution in [3.63, 3.8) is 0 Å². The Labute approximate surface area is 181 Å². The van der Waals surface area contributed by atoms with Crippen LogP contribution < -0.4 is 14.4 Å². The van der Waals surface area contributed by atoms with Gasteiger partial charge in [-0.1, -0.05) is 6.07 Å². The first-order valence-electron chi connectivity index (χ1n) is 9.42. The summed E-state index contributed by atoms with van der Waals surface area (Å²) in [5.41, 5.74) is 3.17. The lowest BCUT2D eigenvalue weighted by molar-refractivity contribution is 0.102. The van der Waals surface area contributed by atoms with Gasteiger partial charge in [0, 0.05) is 12.7 Å². The zero-order valence-electron chi connectivity index (χ0n) is 17.3. The number of carbonyl (C=O) groups excluding carboxylic acids is 1. The highest BCUT2D eigenvalue weighted by Gasteiger charge is 2.28. The molecule has 0 aliphatic heterocycles. The smallest absolute Gasteiger partial charge is 0.267 e. The molecule has 0 fully saturated rings. The van der Waals surface area contributed by atoms with Gasteiger partial charge in [0.1, 0.15) is 15.5 Å². The van der Waals surface area contributed by atoms with Crippen molar-refractivity contribution in [2.75, 3.05) is 23.3 Å². The summed E-state index contributed by atoms with van der Waals surface area (Å²) in [5, 5.41) is 4.36. The van der Waals surface area contributed by atoms with Gasteiger partial charge in [-0.3, -0.25) is 9.10 Å². The van der Waals surface area contributed by atoms with E-state index in [1.54, 1.807) is 35.7 Å². The lowest BCUT2D eigenvalue weighted by atomic mass is 10.1. The summed E-state index contributed by atoms with van der Waals surface area (Å²) in [4.78, 5) is 12.9. The van der Waals surface area contributed by atoms with Gasteiger partial charge in [0.2, 0.25) is 0 Å². The molecule has 2 aromatic carbocycles. The summed E-state index contributed by atoms with van der Waals surface area (Å²) in [6, 6.07) is 13.8. The van der Waals surface area contributed by atoms with Crippen molar-refractivity contribution in [3.8, 4) is 5.75 Å². The van der Waals surface area contributed by atoms with Crippen LogP contribution in [0.15, 0.2) is 58.8 Å². The summed E-state index contributed by atoms with van der Waals surface area (Å²) in [7, 11) is -2.41. The first kappa shape index (κ1) is 21.9. The summed E-state index contributed by atoms with van der Waals surface area (Å²) in [5.74, 6) is 0.228. The molecule has 0 saturated heterocycles. The Morgan fingerprint density at radius 1 is 1.07 bits per heavy atom. The van der Waals surface area contributed by atoms with Gasteiger partial charge in [-0.25, -0.2) is 8.42 Å². The van der Waals surface area contributed by atoms with E-state index in [4.69, 9.17) is 4.74 Å². The fourth-order valence-corrected chi connectivity index (χ4v) is 5.34. The van der Waals surface area contributed by atoms with Gasteiger partial charge in [0.25, 0.3) is 15.9 Å². The van der Waals surface area contributed by atoms with Crippen LogP contribution in [0.3, 0.4) is 0 Å². The monoisotopic (exact) mass is 444 g/mol. The number of amides is 1. The van der Waals surface area contributed by atoms with E-state index in [0.717, 1.165) is 22.5 Å². The number of anilines is 2. The van der Waals surface area contributed by atoms with Crippen LogP contribution in [0.5, 0.6) is 5.75 Å². The van der Waals surface area contributed by atoms with Gasteiger partial charge in [0.05, 0.1) is 12.3 Å². The molecule has 0 aliphatic rings. The Hall–Kier alpha value is -2.84. The van der Waals surface area contributed by atoms with Crippen molar-refractivity contribution in [2.24, 2.45) is 0 Å². The molecule has 6 nitrogen and oxygen atoms in total. The van der Waals surface area contributed by atoms with E-state index < -0.39 is 15.9 Å². The number of rotatable bonds is 7. The third-order valence-corrected chi connectivity index (χ3v) is 7.62. The molecule has 0 atom stereocenters. The average molecular weight is 445 g/mol. The van der Waals surface area contributed by atoms with Crippen LogP contribution in [-0.4, -0.2) is 28.0 Å². The van der Waals surface area contributed by atoms with Gasteiger partial charge in [-0.2, -0.15) is 0 Å². The van der Waals surface area contributed by atoms with Crippen LogP contribution in [0.1, 0.15) is 27.7 Å². The Bertz CT molecular complexity index is 1150. The highest BCUT2D eigenvalue weighted by atomic mass is 32.2. The summed E-state index contributed by atoms with van der Waals surface area (Å²) >= 11 is 1.09. The van der Waals surface area contributed by atoms with Crippen molar-refractivity contribution in [1.29, 1.82) is 0 Å². The quantitative estimate of drug-likeness (QED) is 0.566. The largest absolute Gasteiger partial charge is 0.494 e. The van der Waals surface area contributed by atoms with Gasteiger partial charge in [-0.15, -0.1) is 11.3 Å². The molecule has 1 heterocycles. The highest BCUT2D eigenvalue weighted by Crippen LogP contribution is 2.29. The third kappa shape index (κ3) is 4.49. The number of aryl methyl sites for hydroxylation is 2. The molecule has 0 saturated carbocycles. The normalized spacial score (nSPS) is 11.2. The summed E-state index contributed by atoms with van der Waals surface area (Å²) in [6.07, 6.45) is 0. The van der Waals surface area contributed by atoms with E-state index in [2.05, 4.69) is 5.32 Å². The lowest BCUT2D eigenvalue weighted by Gasteiger charge is -2.20. The highest BCUT2D eigenvalue weighted by molar-refractivity contribution is 7.93. The molecule has 3 aromatic rings. The van der Waals surface area contributed by atoms with Crippen molar-refractivity contribution in [3.05, 3.63) is 69.9 Å². The summed E-state index contributed by atoms with van der Waals surface area (Å²) < 4.78 is 33.0. The van der Waals surface area contributed by atoms with E-state index >= 15 is 0 Å². The zero-order chi connectivity index (χ0) is 21.9. The van der Waals surface area contributed by atoms with Crippen LogP contribution >= 0.6 is 11.3 Å². The Morgan fingerprint density at radius 3 is 2.40 bits per heavy atom. The number of sulfonamides is 1. The van der Waals surface area contributed by atoms with Crippen LogP contribution in [0.25, 0.3) is 0 Å². The number of hydrogen-bond donors (Lipinski definition) is 1. The third-order valence-electron chi connectivity index (χ3n) is 4.75. The first-order chi connectivity index (χ1) is 14.2. The van der Waals surface area contributed by atoms with Crippen LogP contribution in [0.4, 0.5) is 11.4 Å². The van der Waals surface area contributed by atoms with Gasteiger partial charge in [0.15, 0.2) is 0 Å². The number of thiophene rings is 1. The lowest BCUT2D eigenvalue weighted by Crippen LogP contribution is -2.28.